The van der Waals surface area contributed by atoms with Gasteiger partial charge in [0.05, 0.1) is 30.2 Å². The molecule has 1 aliphatic rings. The summed E-state index contributed by atoms with van der Waals surface area (Å²) in [5, 5.41) is 12.2. The molecule has 0 bridgehead atoms. The number of aromatic nitrogens is 4. The molecule has 8 heteroatoms. The molecule has 3 heterocycles. The molecule has 0 fully saturated rings. The molecule has 1 atom stereocenters. The minimum atomic E-state index is -0.187. The molecule has 0 aliphatic carbocycles. The molecule has 0 saturated heterocycles. The summed E-state index contributed by atoms with van der Waals surface area (Å²) in [6, 6.07) is 9.38. The molecule has 0 radical (unpaired) electrons. The summed E-state index contributed by atoms with van der Waals surface area (Å²) in [7, 11) is 3.44. The van der Waals surface area contributed by atoms with Crippen molar-refractivity contribution in [1.82, 2.24) is 29.8 Å². The highest BCUT2D eigenvalue weighted by Crippen LogP contribution is 2.26. The lowest BCUT2D eigenvalue weighted by molar-refractivity contribution is -0.121. The van der Waals surface area contributed by atoms with Crippen LogP contribution in [0.25, 0.3) is 10.9 Å². The summed E-state index contributed by atoms with van der Waals surface area (Å²) in [6.07, 6.45) is 1.98. The summed E-state index contributed by atoms with van der Waals surface area (Å²) in [4.78, 5) is 26.8. The van der Waals surface area contributed by atoms with E-state index in [1.165, 1.54) is 0 Å². The monoisotopic (exact) mass is 352 g/mol. The molecular weight excluding hydrogens is 332 g/mol. The average Bonchev–Trinajstić information content (AvgIpc) is 3.26. The number of nitrogens with one attached hydrogen (secondary N) is 1. The molecule has 1 aromatic carbocycles. The van der Waals surface area contributed by atoms with E-state index in [1.807, 2.05) is 42.1 Å². The highest BCUT2D eigenvalue weighted by atomic mass is 16.2. The molecule has 4 rings (SSSR count). The van der Waals surface area contributed by atoms with Gasteiger partial charge in [-0.25, -0.2) is 0 Å². The van der Waals surface area contributed by atoms with Gasteiger partial charge in [0.2, 0.25) is 5.91 Å². The highest BCUT2D eigenvalue weighted by molar-refractivity contribution is 6.04. The molecule has 134 valence electrons. The number of rotatable bonds is 3. The summed E-state index contributed by atoms with van der Waals surface area (Å²) >= 11 is 0. The smallest absolute Gasteiger partial charge is 0.275 e. The van der Waals surface area contributed by atoms with E-state index < -0.39 is 0 Å². The van der Waals surface area contributed by atoms with Crippen LogP contribution in [0.4, 0.5) is 0 Å². The molecule has 1 N–H and O–H groups in total. The van der Waals surface area contributed by atoms with Crippen LogP contribution in [-0.4, -0.2) is 49.9 Å². The van der Waals surface area contributed by atoms with Crippen LogP contribution >= 0.6 is 0 Å². The van der Waals surface area contributed by atoms with Crippen molar-refractivity contribution in [3.8, 4) is 0 Å². The Morgan fingerprint density at radius 1 is 1.27 bits per heavy atom. The van der Waals surface area contributed by atoms with E-state index in [4.69, 9.17) is 0 Å². The van der Waals surface area contributed by atoms with E-state index in [0.717, 1.165) is 16.6 Å². The van der Waals surface area contributed by atoms with Gasteiger partial charge < -0.3 is 10.2 Å². The molecule has 2 amide bonds. The molecule has 0 saturated carbocycles. The lowest BCUT2D eigenvalue weighted by Gasteiger charge is -2.33. The Bertz CT molecular complexity index is 989. The van der Waals surface area contributed by atoms with Crippen molar-refractivity contribution in [2.24, 2.45) is 7.05 Å². The standard InChI is InChI=1S/C18H20N6O2/c1-19-16(25)9-13-11-23(10-12-7-8-20-24(12)13)18(26)17-14-5-3-4-6-15(14)22(2)21-17/h3-8,13H,9-11H2,1-2H3,(H,19,25)/t13-/m1/s1. The number of fused-ring (bicyclic) bond motifs is 2. The number of hydrogen-bond acceptors (Lipinski definition) is 4. The van der Waals surface area contributed by atoms with Crippen LogP contribution in [0.3, 0.4) is 0 Å². The molecule has 3 aromatic rings. The second kappa shape index (κ2) is 6.29. The van der Waals surface area contributed by atoms with Gasteiger partial charge in [-0.3, -0.25) is 19.0 Å². The largest absolute Gasteiger partial charge is 0.359 e. The zero-order valence-electron chi connectivity index (χ0n) is 14.7. The van der Waals surface area contributed by atoms with Crippen molar-refractivity contribution in [3.63, 3.8) is 0 Å². The van der Waals surface area contributed by atoms with Gasteiger partial charge in [-0.2, -0.15) is 10.2 Å². The summed E-state index contributed by atoms with van der Waals surface area (Å²) in [6.45, 7) is 0.875. The van der Waals surface area contributed by atoms with E-state index in [9.17, 15) is 9.59 Å². The zero-order valence-corrected chi connectivity index (χ0v) is 14.7. The van der Waals surface area contributed by atoms with Gasteiger partial charge in [0.1, 0.15) is 0 Å². The predicted molar refractivity (Wildman–Crippen MR) is 95.4 cm³/mol. The number of nitrogens with zero attached hydrogens (tertiary/aromatic N) is 5. The Labute approximate surface area is 150 Å². The highest BCUT2D eigenvalue weighted by Gasteiger charge is 2.32. The number of aryl methyl sites for hydroxylation is 1. The van der Waals surface area contributed by atoms with Gasteiger partial charge in [-0.05, 0) is 12.1 Å². The fourth-order valence-corrected chi connectivity index (χ4v) is 3.53. The number of carbonyl (C=O) groups is 2. The molecular formula is C18H20N6O2. The van der Waals surface area contributed by atoms with E-state index >= 15 is 0 Å². The van der Waals surface area contributed by atoms with Crippen molar-refractivity contribution >= 4 is 22.7 Å². The van der Waals surface area contributed by atoms with Crippen molar-refractivity contribution in [2.45, 2.75) is 19.0 Å². The number of carbonyl (C=O) groups excluding carboxylic acids is 2. The van der Waals surface area contributed by atoms with E-state index in [-0.39, 0.29) is 24.3 Å². The molecule has 1 aliphatic heterocycles. The first-order chi connectivity index (χ1) is 12.6. The molecule has 0 unspecified atom stereocenters. The molecule has 8 nitrogen and oxygen atoms in total. The van der Waals surface area contributed by atoms with E-state index in [1.54, 1.807) is 22.8 Å². The maximum atomic E-state index is 13.2. The van der Waals surface area contributed by atoms with Crippen LogP contribution in [0, 0.1) is 0 Å². The van der Waals surface area contributed by atoms with Gasteiger partial charge in [0.15, 0.2) is 5.69 Å². The van der Waals surface area contributed by atoms with E-state index in [0.29, 0.717) is 18.8 Å². The SMILES string of the molecule is CNC(=O)C[C@@H]1CN(C(=O)c2nn(C)c3ccccc23)Cc2ccnn21. The minimum Gasteiger partial charge on any atom is -0.359 e. The lowest BCUT2D eigenvalue weighted by atomic mass is 10.1. The lowest BCUT2D eigenvalue weighted by Crippen LogP contribution is -2.42. The normalized spacial score (nSPS) is 16.5. The Morgan fingerprint density at radius 2 is 2.08 bits per heavy atom. The van der Waals surface area contributed by atoms with Crippen LogP contribution in [0.5, 0.6) is 0 Å². The van der Waals surface area contributed by atoms with Crippen LogP contribution in [-0.2, 0) is 18.4 Å². The van der Waals surface area contributed by atoms with Crippen LogP contribution in [0.2, 0.25) is 0 Å². The van der Waals surface area contributed by atoms with E-state index in [2.05, 4.69) is 15.5 Å². The quantitative estimate of drug-likeness (QED) is 0.765. The topological polar surface area (TPSA) is 85.1 Å². The molecule has 0 spiro atoms. The van der Waals surface area contributed by atoms with Gasteiger partial charge in [0.25, 0.3) is 5.91 Å². The Morgan fingerprint density at radius 3 is 2.88 bits per heavy atom. The number of para-hydroxylation sites is 1. The number of amides is 2. The summed E-state index contributed by atoms with van der Waals surface area (Å²) in [5.41, 5.74) is 2.27. The third-order valence-corrected chi connectivity index (χ3v) is 4.83. The van der Waals surface area contributed by atoms with Crippen molar-refractivity contribution in [3.05, 3.63) is 47.9 Å². The van der Waals surface area contributed by atoms with Gasteiger partial charge in [0, 0.05) is 32.2 Å². The van der Waals surface area contributed by atoms with Gasteiger partial charge in [-0.1, -0.05) is 18.2 Å². The Balaban J connectivity index is 1.67. The summed E-state index contributed by atoms with van der Waals surface area (Å²) < 4.78 is 3.56. The fraction of sp³-hybridized carbons (Fsp3) is 0.333. The van der Waals surface area contributed by atoms with Crippen molar-refractivity contribution in [2.75, 3.05) is 13.6 Å². The third-order valence-electron chi connectivity index (χ3n) is 4.83. The van der Waals surface area contributed by atoms with Crippen LogP contribution in [0.15, 0.2) is 36.5 Å². The summed E-state index contributed by atoms with van der Waals surface area (Å²) in [5.74, 6) is -0.204. The number of benzene rings is 1. The first-order valence-electron chi connectivity index (χ1n) is 8.52. The van der Waals surface area contributed by atoms with Crippen LogP contribution < -0.4 is 5.32 Å². The molecule has 2 aromatic heterocycles. The average molecular weight is 352 g/mol. The Hall–Kier alpha value is -3.16. The second-order valence-corrected chi connectivity index (χ2v) is 6.47. The van der Waals surface area contributed by atoms with Gasteiger partial charge >= 0.3 is 0 Å². The molecule has 26 heavy (non-hydrogen) atoms. The zero-order chi connectivity index (χ0) is 18.3. The van der Waals surface area contributed by atoms with Gasteiger partial charge in [-0.15, -0.1) is 0 Å². The fourth-order valence-electron chi connectivity index (χ4n) is 3.53. The second-order valence-electron chi connectivity index (χ2n) is 6.47. The Kier molecular flexibility index (Phi) is 3.95. The third kappa shape index (κ3) is 2.63. The van der Waals surface area contributed by atoms with Crippen LogP contribution in [0.1, 0.15) is 28.6 Å². The van der Waals surface area contributed by atoms with Crippen molar-refractivity contribution < 1.29 is 9.59 Å². The first kappa shape index (κ1) is 16.3. The number of hydrogen-bond donors (Lipinski definition) is 1. The first-order valence-corrected chi connectivity index (χ1v) is 8.52. The maximum absolute atomic E-state index is 13.2. The predicted octanol–water partition coefficient (Wildman–Crippen LogP) is 1.10. The van der Waals surface area contributed by atoms with Crippen molar-refractivity contribution in [1.29, 1.82) is 0 Å². The minimum absolute atomic E-state index is 0.0750. The maximum Gasteiger partial charge on any atom is 0.275 e.